The summed E-state index contributed by atoms with van der Waals surface area (Å²) in [5.74, 6) is 0. The molecule has 0 spiro atoms. The second kappa shape index (κ2) is 46.0. The maximum atomic E-state index is 11.5. The van der Waals surface area contributed by atoms with Gasteiger partial charge >= 0.3 is 80.9 Å². The third-order valence-electron chi connectivity index (χ3n) is 7.99. The molecule has 0 aromatic carbocycles. The van der Waals surface area contributed by atoms with Gasteiger partial charge in [-0.15, -0.1) is 0 Å². The van der Waals surface area contributed by atoms with Crippen LogP contribution >= 0.6 is 15.6 Å². The largest absolute Gasteiger partial charge is 1.00 e. The summed E-state index contributed by atoms with van der Waals surface area (Å²) < 4.78 is 42.5. The van der Waals surface area contributed by atoms with E-state index in [2.05, 4.69) is 27.7 Å². The molecule has 0 amide bonds. The smallest absolute Gasteiger partial charge is 0.756 e. The average Bonchev–Trinajstić information content (AvgIpc) is 3.02. The summed E-state index contributed by atoms with van der Waals surface area (Å²) >= 11 is 0. The Morgan fingerprint density at radius 1 is 0.333 bits per heavy atom. The Hall–Kier alpha value is 2.86. The van der Waals surface area contributed by atoms with E-state index < -0.39 is 15.6 Å². The van der Waals surface area contributed by atoms with Gasteiger partial charge in [0.05, 0.1) is 26.4 Å². The molecule has 0 N–H and O–H groups in total. The zero-order valence-electron chi connectivity index (χ0n) is 32.8. The molecule has 0 heterocycles. The summed E-state index contributed by atoms with van der Waals surface area (Å²) in [7, 11) is -8.14. The Labute approximate surface area is 363 Å². The van der Waals surface area contributed by atoms with Crippen LogP contribution in [-0.4, -0.2) is 26.4 Å². The van der Waals surface area contributed by atoms with Crippen molar-refractivity contribution in [2.24, 2.45) is 0 Å². The fraction of sp³-hybridized carbons (Fsp3) is 1.00. The quantitative estimate of drug-likeness (QED) is 0.0435. The Kier molecular flexibility index (Phi) is 55.2. The van der Waals surface area contributed by atoms with Crippen LogP contribution < -0.4 is 90.7 Å². The molecule has 0 aliphatic rings. The average molecular weight is 761 g/mol. The molecule has 0 fully saturated rings. The van der Waals surface area contributed by atoms with Crippen LogP contribution in [0.3, 0.4) is 0 Å². The van der Waals surface area contributed by atoms with Crippen LogP contribution in [-0.2, 0) is 27.2 Å². The van der Waals surface area contributed by atoms with E-state index in [1.165, 1.54) is 89.9 Å². The third-order valence-corrected chi connectivity index (χ3v) is 9.98. The number of hydrogen-bond acceptors (Lipinski definition) is 8. The van der Waals surface area contributed by atoms with Gasteiger partial charge in [0, 0.05) is 0 Å². The molecular formula is C36H76KNaO8P2. The fourth-order valence-electron chi connectivity index (χ4n) is 5.02. The molecule has 48 heavy (non-hydrogen) atoms. The predicted molar refractivity (Wildman–Crippen MR) is 191 cm³/mol. The van der Waals surface area contributed by atoms with Crippen molar-refractivity contribution < 1.29 is 118 Å². The number of unbranched alkanes of at least 4 members (excludes halogenated alkanes) is 24. The van der Waals surface area contributed by atoms with Crippen LogP contribution in [0.2, 0.25) is 0 Å². The normalized spacial score (nSPS) is 13.5. The molecule has 0 aromatic heterocycles. The van der Waals surface area contributed by atoms with E-state index in [-0.39, 0.29) is 107 Å². The van der Waals surface area contributed by atoms with Crippen LogP contribution in [0.15, 0.2) is 0 Å². The third kappa shape index (κ3) is 51.0. The zero-order valence-corrected chi connectivity index (χ0v) is 39.7. The van der Waals surface area contributed by atoms with Crippen LogP contribution in [0.1, 0.15) is 207 Å². The minimum Gasteiger partial charge on any atom is -0.756 e. The van der Waals surface area contributed by atoms with Crippen molar-refractivity contribution in [2.75, 3.05) is 26.4 Å². The summed E-state index contributed by atoms with van der Waals surface area (Å²) in [6, 6.07) is 0. The molecule has 0 radical (unpaired) electrons. The molecule has 0 aliphatic carbocycles. The van der Waals surface area contributed by atoms with Crippen LogP contribution in [0, 0.1) is 0 Å². The number of hydrogen-bond donors (Lipinski definition) is 0. The maximum absolute atomic E-state index is 11.5. The van der Waals surface area contributed by atoms with Crippen molar-refractivity contribution in [3.8, 4) is 0 Å². The Balaban J connectivity index is -0.000000387. The molecule has 280 valence electrons. The standard InChI is InChI=1S/2C18H39O4P.K.Na/c2*1-3-5-7-9-10-11-12-13-14-16-18-22-23(19,20)21-17-15-8-6-4-2;;/h2*3-18H2,1-2H3,(H,19,20);;/q;;2*+1/p-2. The van der Waals surface area contributed by atoms with E-state index in [1.54, 1.807) is 0 Å². The van der Waals surface area contributed by atoms with Crippen molar-refractivity contribution in [1.82, 2.24) is 0 Å². The Morgan fingerprint density at radius 2 is 0.479 bits per heavy atom. The van der Waals surface area contributed by atoms with Gasteiger partial charge in [-0.05, 0) is 25.7 Å². The van der Waals surface area contributed by atoms with Gasteiger partial charge in [0.15, 0.2) is 0 Å². The molecule has 0 saturated heterocycles. The van der Waals surface area contributed by atoms with Crippen LogP contribution in [0.5, 0.6) is 0 Å². The van der Waals surface area contributed by atoms with Crippen molar-refractivity contribution in [2.45, 2.75) is 207 Å². The number of rotatable bonds is 36. The first kappa shape index (κ1) is 57.6. The first-order valence-electron chi connectivity index (χ1n) is 19.4. The van der Waals surface area contributed by atoms with Crippen molar-refractivity contribution in [3.05, 3.63) is 0 Å². The Morgan fingerprint density at radius 3 is 0.667 bits per heavy atom. The van der Waals surface area contributed by atoms with Gasteiger partial charge in [-0.3, -0.25) is 9.13 Å². The van der Waals surface area contributed by atoms with E-state index >= 15 is 0 Å². The van der Waals surface area contributed by atoms with Gasteiger partial charge in [0.25, 0.3) is 15.6 Å². The summed E-state index contributed by atoms with van der Waals surface area (Å²) in [5.41, 5.74) is 0. The van der Waals surface area contributed by atoms with E-state index in [0.29, 0.717) is 0 Å². The van der Waals surface area contributed by atoms with E-state index in [1.807, 2.05) is 0 Å². The van der Waals surface area contributed by atoms with Crippen molar-refractivity contribution in [1.29, 1.82) is 0 Å². The summed E-state index contributed by atoms with van der Waals surface area (Å²) in [4.78, 5) is 23.0. The predicted octanol–water partition coefficient (Wildman–Crippen LogP) is 5.99. The van der Waals surface area contributed by atoms with Gasteiger partial charge in [-0.2, -0.15) is 0 Å². The number of phosphoric acid groups is 2. The maximum Gasteiger partial charge on any atom is 1.00 e. The topological polar surface area (TPSA) is 117 Å². The summed E-state index contributed by atoms with van der Waals surface area (Å²) in [6.45, 7) is 9.72. The van der Waals surface area contributed by atoms with Gasteiger partial charge < -0.3 is 27.9 Å². The molecule has 0 saturated carbocycles. The second-order valence-electron chi connectivity index (χ2n) is 12.7. The first-order chi connectivity index (χ1) is 22.2. The fourth-order valence-corrected chi connectivity index (χ4v) is 6.58. The molecule has 8 nitrogen and oxygen atoms in total. The Bertz CT molecular complexity index is 638. The van der Waals surface area contributed by atoms with Gasteiger partial charge in [-0.25, -0.2) is 0 Å². The summed E-state index contributed by atoms with van der Waals surface area (Å²) in [6.07, 6.45) is 32.5. The van der Waals surface area contributed by atoms with Gasteiger partial charge in [-0.1, -0.05) is 182 Å². The van der Waals surface area contributed by atoms with Gasteiger partial charge in [0.1, 0.15) is 0 Å². The van der Waals surface area contributed by atoms with Gasteiger partial charge in [0.2, 0.25) is 0 Å². The first-order valence-corrected chi connectivity index (χ1v) is 22.4. The second-order valence-corrected chi connectivity index (χ2v) is 15.5. The molecule has 0 aliphatic heterocycles. The zero-order chi connectivity index (χ0) is 34.5. The van der Waals surface area contributed by atoms with Crippen molar-refractivity contribution in [3.63, 3.8) is 0 Å². The van der Waals surface area contributed by atoms with E-state index in [4.69, 9.17) is 18.1 Å². The minimum atomic E-state index is -4.07. The summed E-state index contributed by atoms with van der Waals surface area (Å²) in [5, 5.41) is 0. The monoisotopic (exact) mass is 760 g/mol. The van der Waals surface area contributed by atoms with E-state index in [0.717, 1.165) is 89.9 Å². The molecule has 2 atom stereocenters. The van der Waals surface area contributed by atoms with Crippen LogP contribution in [0.25, 0.3) is 0 Å². The minimum absolute atomic E-state index is 0. The van der Waals surface area contributed by atoms with Crippen molar-refractivity contribution >= 4 is 15.6 Å². The molecular weight excluding hydrogens is 684 g/mol. The molecule has 0 aromatic rings. The van der Waals surface area contributed by atoms with Crippen LogP contribution in [0.4, 0.5) is 0 Å². The number of phosphoric ester groups is 2. The SMILES string of the molecule is CCCCCCCCCCCCOP(=O)([O-])OCCCCCC.CCCCCCCCCCCCOP(=O)([O-])OCCCCCC.[K+].[Na+]. The molecule has 0 bridgehead atoms. The molecule has 0 rings (SSSR count). The molecule has 12 heteroatoms. The molecule has 2 unspecified atom stereocenters. The van der Waals surface area contributed by atoms with E-state index in [9.17, 15) is 18.9 Å².